The zero-order chi connectivity index (χ0) is 25.2. The van der Waals surface area contributed by atoms with E-state index in [4.69, 9.17) is 4.52 Å². The van der Waals surface area contributed by atoms with Crippen LogP contribution in [0.25, 0.3) is 22.5 Å². The summed E-state index contributed by atoms with van der Waals surface area (Å²) in [4.78, 5) is 25.7. The van der Waals surface area contributed by atoms with Gasteiger partial charge in [0.1, 0.15) is 11.6 Å². The molecule has 0 saturated heterocycles. The van der Waals surface area contributed by atoms with Crippen molar-refractivity contribution in [2.45, 2.75) is 32.9 Å². The number of nitrogens with zero attached hydrogens (tertiary/aromatic N) is 5. The number of aromatic nitrogens is 6. The zero-order valence-corrected chi connectivity index (χ0v) is 20.1. The standard InChI is InChI=1S/C25H26N8O3/c1-14(2)33-23-17(24(35)31-33)9-10-21(30-23)29-22-11-19(18(12-26-22)25-27-15(3)32-36-25)28-20(13-34)16-7-5-4-6-8-16/h4-12,14,20,34H,13H2,1-3H3,(H,31,35)(H2,26,28,29,30)/t20-/m1/s1. The van der Waals surface area contributed by atoms with Gasteiger partial charge < -0.3 is 20.3 Å². The minimum absolute atomic E-state index is 0.0393. The van der Waals surface area contributed by atoms with Crippen molar-refractivity contribution >= 4 is 28.4 Å². The van der Waals surface area contributed by atoms with Crippen LogP contribution in [-0.2, 0) is 0 Å². The van der Waals surface area contributed by atoms with Crippen molar-refractivity contribution in [1.29, 1.82) is 0 Å². The number of hydrogen-bond acceptors (Lipinski definition) is 9. The van der Waals surface area contributed by atoms with E-state index in [0.29, 0.717) is 45.6 Å². The van der Waals surface area contributed by atoms with Gasteiger partial charge in [-0.25, -0.2) is 9.97 Å². The molecule has 11 nitrogen and oxygen atoms in total. The number of aryl methyl sites for hydroxylation is 1. The molecule has 1 aromatic carbocycles. The summed E-state index contributed by atoms with van der Waals surface area (Å²) in [5.74, 6) is 1.84. The minimum Gasteiger partial charge on any atom is -0.394 e. The molecular weight excluding hydrogens is 460 g/mol. The molecule has 4 N–H and O–H groups in total. The van der Waals surface area contributed by atoms with E-state index in [1.54, 1.807) is 36.0 Å². The quantitative estimate of drug-likeness (QED) is 0.256. The summed E-state index contributed by atoms with van der Waals surface area (Å²) in [7, 11) is 0. The maximum atomic E-state index is 12.2. The largest absolute Gasteiger partial charge is 0.394 e. The molecule has 0 radical (unpaired) electrons. The first-order valence-corrected chi connectivity index (χ1v) is 11.5. The molecule has 0 unspecified atom stereocenters. The maximum absolute atomic E-state index is 12.2. The van der Waals surface area contributed by atoms with Crippen LogP contribution in [0.15, 0.2) is 64.0 Å². The number of aliphatic hydroxyl groups excluding tert-OH is 1. The first-order valence-electron chi connectivity index (χ1n) is 11.5. The molecule has 11 heteroatoms. The number of nitrogens with one attached hydrogen (secondary N) is 3. The average Bonchev–Trinajstić information content (AvgIpc) is 3.46. The second-order valence-corrected chi connectivity index (χ2v) is 8.65. The van der Waals surface area contributed by atoms with E-state index >= 15 is 0 Å². The van der Waals surface area contributed by atoms with Crippen molar-refractivity contribution in [1.82, 2.24) is 29.9 Å². The van der Waals surface area contributed by atoms with Crippen LogP contribution in [0.3, 0.4) is 0 Å². The van der Waals surface area contributed by atoms with Crippen LogP contribution in [-0.4, -0.2) is 41.6 Å². The average molecular weight is 487 g/mol. The number of anilines is 3. The van der Waals surface area contributed by atoms with Gasteiger partial charge >= 0.3 is 0 Å². The van der Waals surface area contributed by atoms with Gasteiger partial charge in [-0.3, -0.25) is 14.6 Å². The van der Waals surface area contributed by atoms with E-state index < -0.39 is 0 Å². The van der Waals surface area contributed by atoms with Gasteiger partial charge in [0.05, 0.1) is 29.3 Å². The van der Waals surface area contributed by atoms with Gasteiger partial charge in [0, 0.05) is 18.3 Å². The first-order chi connectivity index (χ1) is 17.4. The predicted molar refractivity (Wildman–Crippen MR) is 136 cm³/mol. The Morgan fingerprint density at radius 3 is 2.61 bits per heavy atom. The molecule has 0 aliphatic rings. The molecule has 0 aliphatic heterocycles. The lowest BCUT2D eigenvalue weighted by Gasteiger charge is -2.20. The number of hydrogen-bond donors (Lipinski definition) is 4. The number of aliphatic hydroxyl groups is 1. The minimum atomic E-state index is -0.376. The van der Waals surface area contributed by atoms with E-state index in [2.05, 4.69) is 35.8 Å². The maximum Gasteiger partial charge on any atom is 0.273 e. The van der Waals surface area contributed by atoms with Crippen molar-refractivity contribution in [2.24, 2.45) is 0 Å². The molecule has 0 fully saturated rings. The molecule has 0 amide bonds. The molecule has 4 aromatic heterocycles. The van der Waals surface area contributed by atoms with Crippen molar-refractivity contribution < 1.29 is 9.63 Å². The molecule has 184 valence electrons. The highest BCUT2D eigenvalue weighted by Gasteiger charge is 2.18. The molecule has 0 saturated carbocycles. The lowest BCUT2D eigenvalue weighted by atomic mass is 10.1. The summed E-state index contributed by atoms with van der Waals surface area (Å²) >= 11 is 0. The van der Waals surface area contributed by atoms with E-state index in [-0.39, 0.29) is 24.2 Å². The zero-order valence-electron chi connectivity index (χ0n) is 20.1. The Bertz CT molecular complexity index is 1550. The molecule has 1 atom stereocenters. The normalized spacial score (nSPS) is 12.2. The molecule has 0 spiro atoms. The fourth-order valence-corrected chi connectivity index (χ4v) is 3.93. The number of rotatable bonds is 8. The fraction of sp³-hybridized carbons (Fsp3) is 0.240. The van der Waals surface area contributed by atoms with Gasteiger partial charge in [-0.1, -0.05) is 35.5 Å². The topological polar surface area (TPSA) is 147 Å². The van der Waals surface area contributed by atoms with Crippen LogP contribution >= 0.6 is 0 Å². The Kier molecular flexibility index (Phi) is 6.21. The second-order valence-electron chi connectivity index (χ2n) is 8.65. The molecule has 36 heavy (non-hydrogen) atoms. The summed E-state index contributed by atoms with van der Waals surface area (Å²) in [6.07, 6.45) is 1.62. The van der Waals surface area contributed by atoms with Crippen molar-refractivity contribution in [3.63, 3.8) is 0 Å². The lowest BCUT2D eigenvalue weighted by Crippen LogP contribution is -2.15. The predicted octanol–water partition coefficient (Wildman–Crippen LogP) is 3.95. The Hall–Kier alpha value is -4.51. The fourth-order valence-electron chi connectivity index (χ4n) is 3.93. The van der Waals surface area contributed by atoms with Crippen LogP contribution in [0.2, 0.25) is 0 Å². The highest BCUT2D eigenvalue weighted by molar-refractivity contribution is 5.79. The number of aromatic amines is 1. The summed E-state index contributed by atoms with van der Waals surface area (Å²) in [5, 5.41) is 23.9. The molecule has 0 bridgehead atoms. The lowest BCUT2D eigenvalue weighted by molar-refractivity contribution is 0.276. The van der Waals surface area contributed by atoms with E-state index in [9.17, 15) is 9.90 Å². The number of H-pyrrole nitrogens is 1. The Balaban J connectivity index is 1.52. The van der Waals surface area contributed by atoms with Crippen LogP contribution in [0.4, 0.5) is 17.3 Å². The van der Waals surface area contributed by atoms with Crippen molar-refractivity contribution in [3.8, 4) is 11.5 Å². The third-order valence-electron chi connectivity index (χ3n) is 5.72. The smallest absolute Gasteiger partial charge is 0.273 e. The Morgan fingerprint density at radius 2 is 1.92 bits per heavy atom. The molecule has 5 rings (SSSR count). The summed E-state index contributed by atoms with van der Waals surface area (Å²) in [5.41, 5.74) is 2.53. The monoisotopic (exact) mass is 486 g/mol. The van der Waals surface area contributed by atoms with E-state index in [1.807, 2.05) is 44.2 Å². The van der Waals surface area contributed by atoms with Crippen LogP contribution in [0.5, 0.6) is 0 Å². The third-order valence-corrected chi connectivity index (χ3v) is 5.72. The Morgan fingerprint density at radius 1 is 1.11 bits per heavy atom. The van der Waals surface area contributed by atoms with Crippen molar-refractivity contribution in [2.75, 3.05) is 17.2 Å². The van der Waals surface area contributed by atoms with Gasteiger partial charge in [-0.15, -0.1) is 0 Å². The van der Waals surface area contributed by atoms with Gasteiger partial charge in [-0.05, 0) is 38.5 Å². The van der Waals surface area contributed by atoms with E-state index in [1.165, 1.54) is 0 Å². The molecule has 5 aromatic rings. The van der Waals surface area contributed by atoms with Crippen LogP contribution in [0.1, 0.15) is 37.3 Å². The number of pyridine rings is 2. The SMILES string of the molecule is Cc1noc(-c2cnc(Nc3ccc4c(=O)[nH]n(C(C)C)c4n3)cc2N[C@H](CO)c2ccccc2)n1. The number of benzene rings is 1. The van der Waals surface area contributed by atoms with E-state index in [0.717, 1.165) is 5.56 Å². The van der Waals surface area contributed by atoms with Crippen LogP contribution in [0, 0.1) is 6.92 Å². The molecule has 0 aliphatic carbocycles. The van der Waals surface area contributed by atoms with Gasteiger partial charge in [0.15, 0.2) is 11.5 Å². The summed E-state index contributed by atoms with van der Waals surface area (Å²) in [6, 6.07) is 14.6. The van der Waals surface area contributed by atoms with Crippen LogP contribution < -0.4 is 16.2 Å². The molecular formula is C25H26N8O3. The summed E-state index contributed by atoms with van der Waals surface area (Å²) in [6.45, 7) is 5.55. The highest BCUT2D eigenvalue weighted by Crippen LogP contribution is 2.32. The van der Waals surface area contributed by atoms with Gasteiger partial charge in [0.25, 0.3) is 11.4 Å². The third kappa shape index (κ3) is 4.56. The summed E-state index contributed by atoms with van der Waals surface area (Å²) < 4.78 is 7.12. The number of fused-ring (bicyclic) bond motifs is 1. The highest BCUT2D eigenvalue weighted by atomic mass is 16.5. The first kappa shape index (κ1) is 23.2. The van der Waals surface area contributed by atoms with Gasteiger partial charge in [-0.2, -0.15) is 4.98 Å². The Labute approximate surface area is 206 Å². The molecule has 4 heterocycles. The van der Waals surface area contributed by atoms with Crippen molar-refractivity contribution in [3.05, 3.63) is 76.5 Å². The second kappa shape index (κ2) is 9.62. The van der Waals surface area contributed by atoms with Gasteiger partial charge in [0.2, 0.25) is 0 Å².